The lowest BCUT2D eigenvalue weighted by atomic mass is 10.1. The number of anilines is 1. The van der Waals surface area contributed by atoms with Gasteiger partial charge in [-0.15, -0.1) is 0 Å². The summed E-state index contributed by atoms with van der Waals surface area (Å²) in [7, 11) is 0. The van der Waals surface area contributed by atoms with Gasteiger partial charge in [-0.05, 0) is 54.6 Å². The van der Waals surface area contributed by atoms with Crippen molar-refractivity contribution in [3.63, 3.8) is 0 Å². The molecule has 4 nitrogen and oxygen atoms in total. The number of hydrogen-bond donors (Lipinski definition) is 0. The molecule has 0 saturated heterocycles. The summed E-state index contributed by atoms with van der Waals surface area (Å²) < 4.78 is 84.8. The Morgan fingerprint density at radius 2 is 1.53 bits per heavy atom. The zero-order valence-electron chi connectivity index (χ0n) is 16.1. The van der Waals surface area contributed by atoms with Gasteiger partial charge in [0, 0.05) is 11.3 Å². The third kappa shape index (κ3) is 5.41. The van der Waals surface area contributed by atoms with Crippen LogP contribution in [0.25, 0.3) is 11.3 Å². The van der Waals surface area contributed by atoms with E-state index in [-0.39, 0.29) is 11.4 Å². The molecule has 0 aliphatic rings. The number of nitriles is 2. The summed E-state index contributed by atoms with van der Waals surface area (Å²) in [6.45, 7) is -1.98. The molecule has 0 N–H and O–H groups in total. The molecule has 1 heterocycles. The maximum absolute atomic E-state index is 13.3. The molecule has 32 heavy (non-hydrogen) atoms. The Morgan fingerprint density at radius 1 is 0.844 bits per heavy atom. The van der Waals surface area contributed by atoms with Crippen LogP contribution in [0.3, 0.4) is 0 Å². The van der Waals surface area contributed by atoms with Gasteiger partial charge in [-0.2, -0.15) is 36.9 Å². The van der Waals surface area contributed by atoms with Crippen LogP contribution < -0.4 is 4.90 Å². The van der Waals surface area contributed by atoms with Gasteiger partial charge in [-0.3, -0.25) is 0 Å². The van der Waals surface area contributed by atoms with Crippen LogP contribution >= 0.6 is 0 Å². The van der Waals surface area contributed by atoms with E-state index in [9.17, 15) is 26.3 Å². The van der Waals surface area contributed by atoms with Gasteiger partial charge in [0.25, 0.3) is 0 Å². The second-order valence-electron chi connectivity index (χ2n) is 6.77. The second kappa shape index (κ2) is 8.67. The third-order valence-corrected chi connectivity index (χ3v) is 4.47. The van der Waals surface area contributed by atoms with E-state index in [2.05, 4.69) is 0 Å². The Bertz CT molecular complexity index is 1180. The number of halogens is 6. The molecule has 0 bridgehead atoms. The molecule has 0 amide bonds. The predicted octanol–water partition coefficient (Wildman–Crippen LogP) is 6.28. The van der Waals surface area contributed by atoms with Crippen LogP contribution in [0.4, 0.5) is 32.0 Å². The Balaban J connectivity index is 1.94. The lowest BCUT2D eigenvalue weighted by Crippen LogP contribution is -2.34. The lowest BCUT2D eigenvalue weighted by Gasteiger charge is -2.26. The van der Waals surface area contributed by atoms with Crippen LogP contribution in [0.15, 0.2) is 59.0 Å². The highest BCUT2D eigenvalue weighted by molar-refractivity contribution is 5.59. The minimum Gasteiger partial charge on any atom is -0.459 e. The van der Waals surface area contributed by atoms with Crippen molar-refractivity contribution in [2.75, 3.05) is 11.4 Å². The number of benzene rings is 2. The third-order valence-electron chi connectivity index (χ3n) is 4.47. The molecule has 0 unspecified atom stereocenters. The first-order valence-electron chi connectivity index (χ1n) is 9.02. The summed E-state index contributed by atoms with van der Waals surface area (Å²) in [5.74, 6) is 0.416. The van der Waals surface area contributed by atoms with Crippen LogP contribution in [0.5, 0.6) is 0 Å². The Morgan fingerprint density at radius 3 is 2.09 bits per heavy atom. The molecule has 1 aromatic heterocycles. The molecule has 0 radical (unpaired) electrons. The van der Waals surface area contributed by atoms with Crippen LogP contribution in [0.1, 0.15) is 22.5 Å². The van der Waals surface area contributed by atoms with Gasteiger partial charge in [0.2, 0.25) is 0 Å². The van der Waals surface area contributed by atoms with Gasteiger partial charge in [0.1, 0.15) is 18.1 Å². The molecule has 164 valence electrons. The maximum Gasteiger partial charge on any atom is 0.417 e. The first-order valence-corrected chi connectivity index (χ1v) is 9.02. The summed E-state index contributed by atoms with van der Waals surface area (Å²) >= 11 is 0. The maximum atomic E-state index is 13.3. The van der Waals surface area contributed by atoms with E-state index < -0.39 is 36.6 Å². The number of nitrogens with zero attached hydrogens (tertiary/aromatic N) is 3. The first-order chi connectivity index (χ1) is 15.0. The van der Waals surface area contributed by atoms with Gasteiger partial charge in [0.05, 0.1) is 35.4 Å². The van der Waals surface area contributed by atoms with Gasteiger partial charge in [0.15, 0.2) is 0 Å². The molecular weight excluding hydrogens is 436 g/mol. The van der Waals surface area contributed by atoms with E-state index in [0.717, 1.165) is 12.1 Å². The summed E-state index contributed by atoms with van der Waals surface area (Å²) in [6, 6.07) is 15.0. The van der Waals surface area contributed by atoms with Crippen molar-refractivity contribution < 1.29 is 30.8 Å². The molecule has 0 spiro atoms. The summed E-state index contributed by atoms with van der Waals surface area (Å²) in [5, 5.41) is 17.7. The van der Waals surface area contributed by atoms with E-state index in [4.69, 9.17) is 14.9 Å². The van der Waals surface area contributed by atoms with Crippen molar-refractivity contribution in [3.05, 3.63) is 77.0 Å². The normalized spacial score (nSPS) is 11.6. The van der Waals surface area contributed by atoms with Crippen molar-refractivity contribution in [1.29, 1.82) is 10.5 Å². The summed E-state index contributed by atoms with van der Waals surface area (Å²) in [5.41, 5.74) is -1.37. The number of alkyl halides is 6. The quantitative estimate of drug-likeness (QED) is 0.430. The number of furan rings is 1. The molecule has 0 aliphatic carbocycles. The minimum absolute atomic E-state index is 0.0894. The molecule has 10 heteroatoms. The van der Waals surface area contributed by atoms with Crippen molar-refractivity contribution in [2.24, 2.45) is 0 Å². The Kier molecular flexibility index (Phi) is 6.17. The van der Waals surface area contributed by atoms with Crippen LogP contribution in [0.2, 0.25) is 0 Å². The Labute approximate surface area is 178 Å². The summed E-state index contributed by atoms with van der Waals surface area (Å²) in [4.78, 5) is 0.692. The molecule has 0 atom stereocenters. The monoisotopic (exact) mass is 449 g/mol. The fourth-order valence-electron chi connectivity index (χ4n) is 3.03. The van der Waals surface area contributed by atoms with Gasteiger partial charge < -0.3 is 9.32 Å². The molecule has 3 aromatic rings. The molecule has 0 fully saturated rings. The Hall–Kier alpha value is -3.92. The molecule has 3 rings (SSSR count). The average Bonchev–Trinajstić information content (AvgIpc) is 3.20. The fourth-order valence-corrected chi connectivity index (χ4v) is 3.03. The van der Waals surface area contributed by atoms with E-state index in [1.165, 1.54) is 18.2 Å². The van der Waals surface area contributed by atoms with Crippen LogP contribution in [-0.2, 0) is 12.7 Å². The lowest BCUT2D eigenvalue weighted by molar-refractivity contribution is -0.137. The average molecular weight is 449 g/mol. The molecular formula is C22H13F6N3O. The van der Waals surface area contributed by atoms with E-state index >= 15 is 0 Å². The molecule has 0 saturated carbocycles. The number of hydrogen-bond acceptors (Lipinski definition) is 4. The zero-order valence-corrected chi connectivity index (χ0v) is 16.1. The SMILES string of the molecule is N#Cc1ccc(-c2ccc(CN(CC(F)(F)F)c3ccc(C#N)c(C(F)(F)F)c3)o2)cc1. The highest BCUT2D eigenvalue weighted by atomic mass is 19.4. The van der Waals surface area contributed by atoms with Crippen molar-refractivity contribution in [2.45, 2.75) is 18.9 Å². The largest absolute Gasteiger partial charge is 0.459 e. The number of rotatable bonds is 5. The fraction of sp³-hybridized carbons (Fsp3) is 0.182. The van der Waals surface area contributed by atoms with Gasteiger partial charge in [-0.25, -0.2) is 0 Å². The van der Waals surface area contributed by atoms with Crippen molar-refractivity contribution in [1.82, 2.24) is 0 Å². The minimum atomic E-state index is -4.90. The molecule has 2 aromatic carbocycles. The highest BCUT2D eigenvalue weighted by Crippen LogP contribution is 2.36. The highest BCUT2D eigenvalue weighted by Gasteiger charge is 2.36. The molecule has 0 aliphatic heterocycles. The summed E-state index contributed by atoms with van der Waals surface area (Å²) in [6.07, 6.45) is -9.60. The predicted molar refractivity (Wildman–Crippen MR) is 102 cm³/mol. The smallest absolute Gasteiger partial charge is 0.417 e. The van der Waals surface area contributed by atoms with Crippen LogP contribution in [0, 0.1) is 22.7 Å². The van der Waals surface area contributed by atoms with Crippen molar-refractivity contribution >= 4 is 5.69 Å². The zero-order chi connectivity index (χ0) is 23.5. The van der Waals surface area contributed by atoms with E-state index in [0.29, 0.717) is 27.9 Å². The standard InChI is InChI=1S/C22H13F6N3O/c23-21(24,25)13-31(17-6-5-16(11-30)19(9-17)22(26,27)28)12-18-7-8-20(32-18)15-3-1-14(10-29)2-4-15/h1-9H,12-13H2. The van der Waals surface area contributed by atoms with E-state index in [1.807, 2.05) is 6.07 Å². The van der Waals surface area contributed by atoms with Crippen molar-refractivity contribution in [3.8, 4) is 23.5 Å². The first kappa shape index (κ1) is 22.8. The second-order valence-corrected chi connectivity index (χ2v) is 6.77. The van der Waals surface area contributed by atoms with Gasteiger partial charge in [-0.1, -0.05) is 0 Å². The topological polar surface area (TPSA) is 64.0 Å². The van der Waals surface area contributed by atoms with Crippen LogP contribution in [-0.4, -0.2) is 12.7 Å². The van der Waals surface area contributed by atoms with E-state index in [1.54, 1.807) is 24.3 Å². The van der Waals surface area contributed by atoms with Gasteiger partial charge >= 0.3 is 12.4 Å².